The summed E-state index contributed by atoms with van der Waals surface area (Å²) in [4.78, 5) is 34.8. The molecule has 1 amide bonds. The Hall–Kier alpha value is -3.62. The number of anilines is 2. The average molecular weight is 399 g/mol. The fourth-order valence-electron chi connectivity index (χ4n) is 2.71. The van der Waals surface area contributed by atoms with Crippen molar-refractivity contribution in [3.63, 3.8) is 0 Å². The van der Waals surface area contributed by atoms with E-state index in [9.17, 15) is 24.8 Å². The molecule has 2 aromatic carbocycles. The molecule has 1 aliphatic rings. The topological polar surface area (TPSA) is 131 Å². The molecule has 0 unspecified atom stereocenters. The van der Waals surface area contributed by atoms with Crippen molar-refractivity contribution < 1.29 is 24.4 Å². The number of carboxylic acid groups (broad SMARTS) is 1. The van der Waals surface area contributed by atoms with Crippen molar-refractivity contribution in [2.75, 3.05) is 10.6 Å². The molecule has 1 saturated carbocycles. The molecule has 0 saturated heterocycles. The summed E-state index contributed by atoms with van der Waals surface area (Å²) in [5.74, 6) is -1.45. The van der Waals surface area contributed by atoms with E-state index in [1.54, 1.807) is 13.8 Å². The van der Waals surface area contributed by atoms with Crippen LogP contribution in [0, 0.1) is 10.1 Å². The van der Waals surface area contributed by atoms with Crippen LogP contribution in [-0.2, 0) is 0 Å². The number of hydrogen-bond acceptors (Lipinski definition) is 6. The smallest absolute Gasteiger partial charge is 0.335 e. The molecule has 0 spiro atoms. The van der Waals surface area contributed by atoms with Crippen molar-refractivity contribution in [1.82, 2.24) is 0 Å². The second-order valence-electron chi connectivity index (χ2n) is 7.04. The van der Waals surface area contributed by atoms with Gasteiger partial charge in [-0.2, -0.15) is 0 Å². The summed E-state index contributed by atoms with van der Waals surface area (Å²) < 4.78 is 5.62. The first-order chi connectivity index (χ1) is 13.7. The minimum absolute atomic E-state index is 0.0219. The number of nitro benzene ring substituents is 1. The Morgan fingerprint density at radius 3 is 2.41 bits per heavy atom. The van der Waals surface area contributed by atoms with Gasteiger partial charge in [0.1, 0.15) is 11.4 Å². The lowest BCUT2D eigenvalue weighted by Crippen LogP contribution is -2.16. The molecule has 0 radical (unpaired) electrons. The van der Waals surface area contributed by atoms with Gasteiger partial charge in [-0.1, -0.05) is 0 Å². The van der Waals surface area contributed by atoms with Gasteiger partial charge in [0.2, 0.25) is 0 Å². The van der Waals surface area contributed by atoms with Crippen LogP contribution in [0.25, 0.3) is 0 Å². The summed E-state index contributed by atoms with van der Waals surface area (Å²) in [7, 11) is 0. The van der Waals surface area contributed by atoms with Crippen molar-refractivity contribution in [2.45, 2.75) is 38.8 Å². The molecule has 2 aromatic rings. The summed E-state index contributed by atoms with van der Waals surface area (Å²) >= 11 is 0. The van der Waals surface area contributed by atoms with Crippen molar-refractivity contribution in [1.29, 1.82) is 0 Å². The van der Waals surface area contributed by atoms with Crippen LogP contribution in [0.2, 0.25) is 0 Å². The van der Waals surface area contributed by atoms with Gasteiger partial charge in [0.15, 0.2) is 0 Å². The molecule has 152 valence electrons. The third kappa shape index (κ3) is 5.01. The number of amides is 1. The second-order valence-corrected chi connectivity index (χ2v) is 7.04. The zero-order chi connectivity index (χ0) is 21.1. The first kappa shape index (κ1) is 20.1. The van der Waals surface area contributed by atoms with E-state index in [0.29, 0.717) is 11.4 Å². The summed E-state index contributed by atoms with van der Waals surface area (Å²) in [6.45, 7) is 3.59. The van der Waals surface area contributed by atoms with Crippen LogP contribution in [0.15, 0.2) is 36.4 Å². The zero-order valence-electron chi connectivity index (χ0n) is 16.0. The number of carboxylic acids is 1. The zero-order valence-corrected chi connectivity index (χ0v) is 16.0. The summed E-state index contributed by atoms with van der Waals surface area (Å²) in [5, 5.41) is 26.3. The van der Waals surface area contributed by atoms with E-state index in [4.69, 9.17) is 4.74 Å². The highest BCUT2D eigenvalue weighted by molar-refractivity contribution is 6.06. The highest BCUT2D eigenvalue weighted by atomic mass is 16.6. The van der Waals surface area contributed by atoms with Gasteiger partial charge >= 0.3 is 5.97 Å². The maximum absolute atomic E-state index is 12.7. The molecular weight excluding hydrogens is 378 g/mol. The van der Waals surface area contributed by atoms with E-state index >= 15 is 0 Å². The van der Waals surface area contributed by atoms with Gasteiger partial charge in [-0.05, 0) is 57.0 Å². The molecule has 9 heteroatoms. The van der Waals surface area contributed by atoms with Gasteiger partial charge in [-0.3, -0.25) is 14.9 Å². The number of nitrogens with one attached hydrogen (secondary N) is 2. The van der Waals surface area contributed by atoms with Gasteiger partial charge in [-0.15, -0.1) is 0 Å². The lowest BCUT2D eigenvalue weighted by Gasteiger charge is -2.16. The van der Waals surface area contributed by atoms with Gasteiger partial charge in [0, 0.05) is 17.7 Å². The van der Waals surface area contributed by atoms with Crippen molar-refractivity contribution >= 4 is 28.9 Å². The summed E-state index contributed by atoms with van der Waals surface area (Å²) in [6, 6.07) is 8.53. The molecule has 0 atom stereocenters. The van der Waals surface area contributed by atoms with E-state index < -0.39 is 16.8 Å². The Morgan fingerprint density at radius 2 is 1.83 bits per heavy atom. The molecule has 1 aliphatic carbocycles. The average Bonchev–Trinajstić information content (AvgIpc) is 3.46. The van der Waals surface area contributed by atoms with Crippen LogP contribution in [0.4, 0.5) is 17.1 Å². The van der Waals surface area contributed by atoms with Crippen LogP contribution in [0.1, 0.15) is 47.4 Å². The van der Waals surface area contributed by atoms with Gasteiger partial charge < -0.3 is 20.5 Å². The number of nitrogens with zero attached hydrogens (tertiary/aromatic N) is 1. The molecule has 0 bridgehead atoms. The monoisotopic (exact) mass is 399 g/mol. The van der Waals surface area contributed by atoms with Crippen molar-refractivity contribution in [3.8, 4) is 5.75 Å². The lowest BCUT2D eigenvalue weighted by molar-refractivity contribution is -0.384. The number of benzene rings is 2. The van der Waals surface area contributed by atoms with E-state index in [0.717, 1.165) is 12.8 Å². The van der Waals surface area contributed by atoms with Crippen LogP contribution in [-0.4, -0.2) is 34.1 Å². The largest absolute Gasteiger partial charge is 0.489 e. The number of hydrogen-bond donors (Lipinski definition) is 3. The first-order valence-electron chi connectivity index (χ1n) is 9.15. The van der Waals surface area contributed by atoms with Gasteiger partial charge in [0.25, 0.3) is 11.6 Å². The standard InChI is InChI=1S/C20H21N3O6/c1-11(2)29-18-8-4-13(20(25)26)9-16(18)22-19(24)12-3-7-15(21-14-5-6-14)17(10-12)23(27)28/h3-4,7-11,14,21H,5-6H2,1-2H3,(H,22,24)(H,25,26). The molecule has 0 aromatic heterocycles. The first-order valence-corrected chi connectivity index (χ1v) is 9.15. The SMILES string of the molecule is CC(C)Oc1ccc(C(=O)O)cc1NC(=O)c1ccc(NC2CC2)c([N+](=O)[O-])c1. The van der Waals surface area contributed by atoms with Crippen molar-refractivity contribution in [3.05, 3.63) is 57.6 Å². The minimum Gasteiger partial charge on any atom is -0.489 e. The molecule has 0 aliphatic heterocycles. The van der Waals surface area contributed by atoms with E-state index in [-0.39, 0.29) is 34.6 Å². The molecule has 3 rings (SSSR count). The Bertz CT molecular complexity index is 969. The van der Waals surface area contributed by atoms with Crippen LogP contribution >= 0.6 is 0 Å². The number of carbonyl (C=O) groups is 2. The van der Waals surface area contributed by atoms with Crippen LogP contribution in [0.3, 0.4) is 0 Å². The predicted octanol–water partition coefficient (Wildman–Crippen LogP) is 3.91. The Labute approximate surface area is 166 Å². The minimum atomic E-state index is -1.15. The molecule has 0 heterocycles. The highest BCUT2D eigenvalue weighted by Gasteiger charge is 2.26. The maximum atomic E-state index is 12.7. The lowest BCUT2D eigenvalue weighted by atomic mass is 10.1. The fourth-order valence-corrected chi connectivity index (χ4v) is 2.71. The Balaban J connectivity index is 1.89. The quantitative estimate of drug-likeness (QED) is 0.453. The molecule has 3 N–H and O–H groups in total. The Morgan fingerprint density at radius 1 is 1.14 bits per heavy atom. The molecule has 1 fully saturated rings. The van der Waals surface area contributed by atoms with Crippen LogP contribution < -0.4 is 15.4 Å². The molecule has 29 heavy (non-hydrogen) atoms. The normalized spacial score (nSPS) is 13.1. The third-order valence-corrected chi connectivity index (χ3v) is 4.23. The fraction of sp³-hybridized carbons (Fsp3) is 0.300. The highest BCUT2D eigenvalue weighted by Crippen LogP contribution is 2.32. The van der Waals surface area contributed by atoms with E-state index in [1.807, 2.05) is 0 Å². The number of nitro groups is 1. The van der Waals surface area contributed by atoms with E-state index in [2.05, 4.69) is 10.6 Å². The predicted molar refractivity (Wildman–Crippen MR) is 107 cm³/mol. The molecule has 9 nitrogen and oxygen atoms in total. The Kier molecular flexibility index (Phi) is 5.67. The number of rotatable bonds is 8. The maximum Gasteiger partial charge on any atom is 0.335 e. The van der Waals surface area contributed by atoms with Crippen molar-refractivity contribution in [2.24, 2.45) is 0 Å². The summed E-state index contributed by atoms with van der Waals surface area (Å²) in [5.41, 5.74) is 0.403. The van der Waals surface area contributed by atoms with E-state index in [1.165, 1.54) is 36.4 Å². The van der Waals surface area contributed by atoms with Crippen LogP contribution in [0.5, 0.6) is 5.75 Å². The number of carbonyl (C=O) groups excluding carboxylic acids is 1. The molecular formula is C20H21N3O6. The van der Waals surface area contributed by atoms with Gasteiger partial charge in [-0.25, -0.2) is 4.79 Å². The van der Waals surface area contributed by atoms with Gasteiger partial charge in [0.05, 0.1) is 22.3 Å². The number of ether oxygens (including phenoxy) is 1. The third-order valence-electron chi connectivity index (χ3n) is 4.23. The second kappa shape index (κ2) is 8.17. The number of aromatic carboxylic acids is 1. The summed E-state index contributed by atoms with van der Waals surface area (Å²) in [6.07, 6.45) is 1.71.